The van der Waals surface area contributed by atoms with E-state index in [0.717, 1.165) is 57.6 Å². The Balaban J connectivity index is 1.55. The van der Waals surface area contributed by atoms with E-state index in [1.54, 1.807) is 0 Å². The molecule has 1 saturated heterocycles. The molecule has 1 N–H and O–H groups in total. The van der Waals surface area contributed by atoms with Crippen molar-refractivity contribution in [3.8, 4) is 0 Å². The molecular formula is C14H22N2O2. The van der Waals surface area contributed by atoms with Crippen molar-refractivity contribution in [3.63, 3.8) is 0 Å². The van der Waals surface area contributed by atoms with Crippen LogP contribution in [-0.2, 0) is 17.8 Å². The first-order valence-electron chi connectivity index (χ1n) is 7.00. The molecule has 4 nitrogen and oxygen atoms in total. The molecule has 0 amide bonds. The molecule has 0 spiro atoms. The van der Waals surface area contributed by atoms with Gasteiger partial charge in [0.1, 0.15) is 5.76 Å². The number of rotatable bonds is 5. The fraction of sp³-hybridized carbons (Fsp3) is 0.714. The number of hydrogen-bond donors (Lipinski definition) is 1. The first-order valence-corrected chi connectivity index (χ1v) is 7.00. The number of nitrogens with one attached hydrogen (secondary N) is 1. The first kappa shape index (κ1) is 12.2. The second kappa shape index (κ2) is 5.87. The van der Waals surface area contributed by atoms with Crippen molar-refractivity contribution in [2.45, 2.75) is 38.4 Å². The zero-order chi connectivity index (χ0) is 12.2. The van der Waals surface area contributed by atoms with Crippen LogP contribution in [0.3, 0.4) is 0 Å². The van der Waals surface area contributed by atoms with E-state index >= 15 is 0 Å². The summed E-state index contributed by atoms with van der Waals surface area (Å²) in [5, 5.41) is 3.55. The van der Waals surface area contributed by atoms with E-state index < -0.39 is 0 Å². The molecule has 2 aliphatic rings. The van der Waals surface area contributed by atoms with Crippen LogP contribution in [0.1, 0.15) is 30.6 Å². The second-order valence-corrected chi connectivity index (χ2v) is 5.27. The summed E-state index contributed by atoms with van der Waals surface area (Å²) >= 11 is 0. The summed E-state index contributed by atoms with van der Waals surface area (Å²) in [5.74, 6) is 1.12. The number of nitrogens with zero attached hydrogens (tertiary/aromatic N) is 1. The molecule has 2 heterocycles. The Hall–Kier alpha value is -0.840. The fourth-order valence-corrected chi connectivity index (χ4v) is 2.36. The normalized spacial score (nSPS) is 22.0. The molecule has 1 aliphatic heterocycles. The largest absolute Gasteiger partial charge is 0.468 e. The minimum atomic E-state index is 0.749. The van der Waals surface area contributed by atoms with E-state index in [1.807, 2.05) is 6.26 Å². The highest BCUT2D eigenvalue weighted by atomic mass is 16.5. The lowest BCUT2D eigenvalue weighted by Gasteiger charge is -2.18. The summed E-state index contributed by atoms with van der Waals surface area (Å²) in [4.78, 5) is 2.42. The topological polar surface area (TPSA) is 37.6 Å². The van der Waals surface area contributed by atoms with Gasteiger partial charge in [0.2, 0.25) is 0 Å². The highest BCUT2D eigenvalue weighted by Gasteiger charge is 2.21. The monoisotopic (exact) mass is 250 g/mol. The Morgan fingerprint density at radius 2 is 2.22 bits per heavy atom. The summed E-state index contributed by atoms with van der Waals surface area (Å²) in [6.45, 7) is 5.71. The van der Waals surface area contributed by atoms with Crippen molar-refractivity contribution in [1.82, 2.24) is 10.2 Å². The lowest BCUT2D eigenvalue weighted by Crippen LogP contribution is -2.26. The van der Waals surface area contributed by atoms with Crippen molar-refractivity contribution in [2.75, 3.05) is 26.3 Å². The molecule has 0 atom stereocenters. The molecule has 1 aromatic heterocycles. The number of hydrogen-bond acceptors (Lipinski definition) is 4. The van der Waals surface area contributed by atoms with Gasteiger partial charge in [0.25, 0.3) is 0 Å². The van der Waals surface area contributed by atoms with Gasteiger partial charge < -0.3 is 14.5 Å². The van der Waals surface area contributed by atoms with Crippen LogP contribution in [0.4, 0.5) is 0 Å². The molecule has 1 saturated carbocycles. The van der Waals surface area contributed by atoms with E-state index in [-0.39, 0.29) is 0 Å². The maximum absolute atomic E-state index is 5.64. The van der Waals surface area contributed by atoms with E-state index in [2.05, 4.69) is 16.3 Å². The zero-order valence-corrected chi connectivity index (χ0v) is 10.9. The molecule has 0 bridgehead atoms. The molecular weight excluding hydrogens is 228 g/mol. The Morgan fingerprint density at radius 3 is 3.11 bits per heavy atom. The van der Waals surface area contributed by atoms with Crippen LogP contribution < -0.4 is 5.32 Å². The van der Waals surface area contributed by atoms with Crippen LogP contribution in [0.5, 0.6) is 0 Å². The maximum Gasteiger partial charge on any atom is 0.122 e. The molecule has 0 aromatic carbocycles. The van der Waals surface area contributed by atoms with E-state index in [9.17, 15) is 0 Å². The van der Waals surface area contributed by atoms with E-state index in [0.29, 0.717) is 0 Å². The van der Waals surface area contributed by atoms with Crippen LogP contribution in [0.2, 0.25) is 0 Å². The molecule has 100 valence electrons. The highest BCUT2D eigenvalue weighted by molar-refractivity contribution is 5.17. The highest BCUT2D eigenvalue weighted by Crippen LogP contribution is 2.21. The average molecular weight is 250 g/mol. The van der Waals surface area contributed by atoms with Crippen LogP contribution in [0, 0.1) is 0 Å². The average Bonchev–Trinajstić information content (AvgIpc) is 3.14. The molecule has 2 fully saturated rings. The molecule has 1 aromatic rings. The van der Waals surface area contributed by atoms with Gasteiger partial charge in [0.15, 0.2) is 0 Å². The summed E-state index contributed by atoms with van der Waals surface area (Å²) in [5.41, 5.74) is 1.31. The van der Waals surface area contributed by atoms with Gasteiger partial charge in [-0.25, -0.2) is 0 Å². The third kappa shape index (κ3) is 3.34. The Labute approximate surface area is 108 Å². The lowest BCUT2D eigenvalue weighted by molar-refractivity contribution is 0.139. The van der Waals surface area contributed by atoms with Gasteiger partial charge in [-0.05, 0) is 25.3 Å². The van der Waals surface area contributed by atoms with Crippen molar-refractivity contribution in [3.05, 3.63) is 23.7 Å². The SMILES string of the molecule is c1cc(CNC2CC2)c(CN2CCCOCC2)o1. The third-order valence-corrected chi connectivity index (χ3v) is 3.68. The van der Waals surface area contributed by atoms with Crippen molar-refractivity contribution < 1.29 is 9.15 Å². The van der Waals surface area contributed by atoms with E-state index in [4.69, 9.17) is 9.15 Å². The van der Waals surface area contributed by atoms with Crippen LogP contribution in [0.15, 0.2) is 16.7 Å². The number of furan rings is 1. The zero-order valence-electron chi connectivity index (χ0n) is 10.9. The molecule has 3 rings (SSSR count). The quantitative estimate of drug-likeness (QED) is 0.864. The lowest BCUT2D eigenvalue weighted by atomic mass is 10.2. The summed E-state index contributed by atoms with van der Waals surface area (Å²) in [6.07, 6.45) is 5.59. The standard InChI is InChI=1S/C14H22N2O2/c1-5-16(6-9-17-7-1)11-14-12(4-8-18-14)10-15-13-2-3-13/h4,8,13,15H,1-3,5-7,9-11H2. The minimum Gasteiger partial charge on any atom is -0.468 e. The summed E-state index contributed by atoms with van der Waals surface area (Å²) in [7, 11) is 0. The number of ether oxygens (including phenoxy) is 1. The van der Waals surface area contributed by atoms with Gasteiger partial charge >= 0.3 is 0 Å². The Morgan fingerprint density at radius 1 is 1.28 bits per heavy atom. The fourth-order valence-electron chi connectivity index (χ4n) is 2.36. The van der Waals surface area contributed by atoms with Gasteiger partial charge in [-0.2, -0.15) is 0 Å². The van der Waals surface area contributed by atoms with Gasteiger partial charge in [-0.15, -0.1) is 0 Å². The van der Waals surface area contributed by atoms with Crippen LogP contribution >= 0.6 is 0 Å². The third-order valence-electron chi connectivity index (χ3n) is 3.68. The predicted octanol–water partition coefficient (Wildman–Crippen LogP) is 1.75. The van der Waals surface area contributed by atoms with E-state index in [1.165, 1.54) is 18.4 Å². The summed E-state index contributed by atoms with van der Waals surface area (Å²) in [6, 6.07) is 2.85. The van der Waals surface area contributed by atoms with Gasteiger partial charge in [-0.1, -0.05) is 0 Å². The second-order valence-electron chi connectivity index (χ2n) is 5.27. The van der Waals surface area contributed by atoms with Gasteiger partial charge in [-0.3, -0.25) is 4.90 Å². The Bertz CT molecular complexity index is 366. The molecule has 18 heavy (non-hydrogen) atoms. The van der Waals surface area contributed by atoms with Crippen LogP contribution in [-0.4, -0.2) is 37.2 Å². The van der Waals surface area contributed by atoms with Gasteiger partial charge in [0.05, 0.1) is 19.4 Å². The first-order chi connectivity index (χ1) is 8.92. The summed E-state index contributed by atoms with van der Waals surface area (Å²) < 4.78 is 11.1. The van der Waals surface area contributed by atoms with Crippen molar-refractivity contribution in [1.29, 1.82) is 0 Å². The van der Waals surface area contributed by atoms with Crippen molar-refractivity contribution in [2.24, 2.45) is 0 Å². The van der Waals surface area contributed by atoms with Crippen LogP contribution in [0.25, 0.3) is 0 Å². The Kier molecular flexibility index (Phi) is 3.98. The molecule has 1 aliphatic carbocycles. The smallest absolute Gasteiger partial charge is 0.122 e. The van der Waals surface area contributed by atoms with Gasteiger partial charge in [0, 0.05) is 37.8 Å². The molecule has 0 radical (unpaired) electrons. The minimum absolute atomic E-state index is 0.749. The molecule has 0 unspecified atom stereocenters. The molecule has 4 heteroatoms. The maximum atomic E-state index is 5.64. The van der Waals surface area contributed by atoms with Crippen molar-refractivity contribution >= 4 is 0 Å². The predicted molar refractivity (Wildman–Crippen MR) is 69.3 cm³/mol.